The molecule has 1 aromatic carbocycles. The summed E-state index contributed by atoms with van der Waals surface area (Å²) in [7, 11) is -1.99. The Balaban J connectivity index is 1.97. The molecule has 3 N–H and O–H groups in total. The van der Waals surface area contributed by atoms with Gasteiger partial charge in [-0.3, -0.25) is 9.59 Å². The normalized spacial score (nSPS) is 18.1. The number of carbonyl (C=O) groups excluding carboxylic acids is 1. The molecule has 0 bridgehead atoms. The number of ether oxygens (including phenoxy) is 1. The summed E-state index contributed by atoms with van der Waals surface area (Å²) >= 11 is 0. The van der Waals surface area contributed by atoms with Crippen molar-refractivity contribution in [2.24, 2.45) is 0 Å². The predicted octanol–water partition coefficient (Wildman–Crippen LogP) is 1.32. The standard InChI is InChI=1S/C20H21NO8S/c1-11-7-16(23)19(25)20(29-11)14(12-3-4-15(22)17(8-12)28-2)9-18(24)21-13-5-6-30(26,27)10-13/h3-8,13-14,22,25H,9-10H2,1-2H3,(H,21,24)/t13-,14+/m1/s1. The molecule has 2 atom stereocenters. The van der Waals surface area contributed by atoms with Gasteiger partial charge in [-0.25, -0.2) is 8.42 Å². The van der Waals surface area contributed by atoms with Gasteiger partial charge in [-0.1, -0.05) is 6.07 Å². The second-order valence-corrected chi connectivity index (χ2v) is 8.89. The third-order valence-electron chi connectivity index (χ3n) is 4.66. The molecule has 160 valence electrons. The summed E-state index contributed by atoms with van der Waals surface area (Å²) < 4.78 is 33.8. The first-order valence-electron chi connectivity index (χ1n) is 9.00. The SMILES string of the molecule is COc1cc([C@H](CC(=O)N[C@@H]2C=CS(=O)(=O)C2)c2oc(C)cc(=O)c2O)ccc1O. The number of rotatable bonds is 6. The van der Waals surface area contributed by atoms with Crippen molar-refractivity contribution in [3.63, 3.8) is 0 Å². The number of amides is 1. The van der Waals surface area contributed by atoms with Crippen LogP contribution in [0.3, 0.4) is 0 Å². The molecule has 0 spiro atoms. The van der Waals surface area contributed by atoms with Gasteiger partial charge in [0.15, 0.2) is 27.1 Å². The number of phenols is 1. The van der Waals surface area contributed by atoms with E-state index in [1.54, 1.807) is 0 Å². The first-order valence-corrected chi connectivity index (χ1v) is 10.7. The predicted molar refractivity (Wildman–Crippen MR) is 107 cm³/mol. The number of hydrogen-bond donors (Lipinski definition) is 3. The van der Waals surface area contributed by atoms with E-state index in [9.17, 15) is 28.2 Å². The van der Waals surface area contributed by atoms with Gasteiger partial charge in [0.05, 0.1) is 24.8 Å². The maximum Gasteiger partial charge on any atom is 0.227 e. The fraction of sp³-hybridized carbons (Fsp3) is 0.300. The largest absolute Gasteiger partial charge is 0.504 e. The van der Waals surface area contributed by atoms with Crippen LogP contribution in [0.25, 0.3) is 0 Å². The van der Waals surface area contributed by atoms with Crippen LogP contribution in [0.1, 0.15) is 29.4 Å². The van der Waals surface area contributed by atoms with Gasteiger partial charge in [0.1, 0.15) is 5.76 Å². The van der Waals surface area contributed by atoms with Crippen LogP contribution >= 0.6 is 0 Å². The topological polar surface area (TPSA) is 143 Å². The van der Waals surface area contributed by atoms with Gasteiger partial charge in [-0.05, 0) is 30.7 Å². The minimum atomic E-state index is -3.35. The van der Waals surface area contributed by atoms with Crippen molar-refractivity contribution in [1.82, 2.24) is 5.32 Å². The number of sulfone groups is 1. The lowest BCUT2D eigenvalue weighted by atomic mass is 9.91. The maximum atomic E-state index is 12.6. The number of hydrogen-bond acceptors (Lipinski definition) is 8. The highest BCUT2D eigenvalue weighted by Crippen LogP contribution is 2.37. The van der Waals surface area contributed by atoms with Crippen molar-refractivity contribution < 1.29 is 32.6 Å². The third kappa shape index (κ3) is 4.65. The summed E-state index contributed by atoms with van der Waals surface area (Å²) in [4.78, 5) is 24.7. The maximum absolute atomic E-state index is 12.6. The first kappa shape index (κ1) is 21.4. The molecule has 10 heteroatoms. The molecule has 1 aromatic heterocycles. The molecule has 0 unspecified atom stereocenters. The van der Waals surface area contributed by atoms with Crippen molar-refractivity contribution in [3.05, 3.63) is 63.1 Å². The van der Waals surface area contributed by atoms with Gasteiger partial charge >= 0.3 is 0 Å². The van der Waals surface area contributed by atoms with Gasteiger partial charge in [-0.15, -0.1) is 0 Å². The Morgan fingerprint density at radius 3 is 2.70 bits per heavy atom. The van der Waals surface area contributed by atoms with E-state index in [-0.39, 0.29) is 35.2 Å². The van der Waals surface area contributed by atoms with Gasteiger partial charge < -0.3 is 24.7 Å². The minimum absolute atomic E-state index is 0.113. The Hall–Kier alpha value is -3.27. The first-order chi connectivity index (χ1) is 14.1. The molecular formula is C20H21NO8S. The zero-order valence-corrected chi connectivity index (χ0v) is 17.1. The summed E-state index contributed by atoms with van der Waals surface area (Å²) in [5.41, 5.74) is -0.215. The zero-order valence-electron chi connectivity index (χ0n) is 16.3. The van der Waals surface area contributed by atoms with Crippen molar-refractivity contribution in [2.45, 2.75) is 25.3 Å². The summed E-state index contributed by atoms with van der Waals surface area (Å²) in [6.45, 7) is 1.53. The highest BCUT2D eigenvalue weighted by Gasteiger charge is 2.29. The average Bonchev–Trinajstić information content (AvgIpc) is 3.01. The Bertz CT molecular complexity index is 1170. The highest BCUT2D eigenvalue weighted by atomic mass is 32.2. The monoisotopic (exact) mass is 435 g/mol. The van der Waals surface area contributed by atoms with Crippen LogP contribution in [-0.2, 0) is 14.6 Å². The van der Waals surface area contributed by atoms with Gasteiger partial charge in [0.25, 0.3) is 0 Å². The number of methoxy groups -OCH3 is 1. The van der Waals surface area contributed by atoms with Crippen LogP contribution in [0.2, 0.25) is 0 Å². The number of carbonyl (C=O) groups is 1. The zero-order chi connectivity index (χ0) is 22.1. The van der Waals surface area contributed by atoms with E-state index in [2.05, 4.69) is 5.32 Å². The molecular weight excluding hydrogens is 414 g/mol. The fourth-order valence-electron chi connectivity index (χ4n) is 3.25. The van der Waals surface area contributed by atoms with Gasteiger partial charge in [0, 0.05) is 17.9 Å². The van der Waals surface area contributed by atoms with Crippen LogP contribution in [-0.4, -0.2) is 43.4 Å². The van der Waals surface area contributed by atoms with E-state index in [0.29, 0.717) is 5.56 Å². The smallest absolute Gasteiger partial charge is 0.227 e. The number of benzene rings is 1. The number of aryl methyl sites for hydroxylation is 1. The van der Waals surface area contributed by atoms with Crippen LogP contribution in [0.4, 0.5) is 0 Å². The third-order valence-corrected chi connectivity index (χ3v) is 6.06. The molecule has 9 nitrogen and oxygen atoms in total. The molecule has 1 aliphatic heterocycles. The minimum Gasteiger partial charge on any atom is -0.504 e. The second kappa shape index (κ2) is 8.23. The van der Waals surface area contributed by atoms with E-state index >= 15 is 0 Å². The van der Waals surface area contributed by atoms with E-state index in [0.717, 1.165) is 11.5 Å². The second-order valence-electron chi connectivity index (χ2n) is 6.95. The Morgan fingerprint density at radius 1 is 1.33 bits per heavy atom. The molecule has 30 heavy (non-hydrogen) atoms. The quantitative estimate of drug-likeness (QED) is 0.616. The van der Waals surface area contributed by atoms with E-state index < -0.39 is 38.9 Å². The van der Waals surface area contributed by atoms with Crippen LogP contribution < -0.4 is 15.5 Å². The molecule has 1 aliphatic rings. The summed E-state index contributed by atoms with van der Waals surface area (Å²) in [5, 5.41) is 23.8. The molecule has 3 rings (SSSR count). The van der Waals surface area contributed by atoms with Crippen LogP contribution in [0.15, 0.2) is 45.0 Å². The Labute approximate surface area is 172 Å². The van der Waals surface area contributed by atoms with E-state index in [1.807, 2.05) is 0 Å². The van der Waals surface area contributed by atoms with Crippen LogP contribution in [0, 0.1) is 6.92 Å². The average molecular weight is 435 g/mol. The van der Waals surface area contributed by atoms with Crippen LogP contribution in [0.5, 0.6) is 17.2 Å². The lowest BCUT2D eigenvalue weighted by Gasteiger charge is -2.19. The Kier molecular flexibility index (Phi) is 5.88. The lowest BCUT2D eigenvalue weighted by molar-refractivity contribution is -0.121. The molecule has 2 aromatic rings. The number of aromatic hydroxyl groups is 2. The fourth-order valence-corrected chi connectivity index (χ4v) is 4.49. The van der Waals surface area contributed by atoms with E-state index in [4.69, 9.17) is 9.15 Å². The molecule has 2 heterocycles. The van der Waals surface area contributed by atoms with Crippen molar-refractivity contribution in [1.29, 1.82) is 0 Å². The van der Waals surface area contributed by atoms with Crippen molar-refractivity contribution in [3.8, 4) is 17.2 Å². The summed E-state index contributed by atoms with van der Waals surface area (Å²) in [6.07, 6.45) is 1.13. The Morgan fingerprint density at radius 2 is 2.07 bits per heavy atom. The molecule has 0 aliphatic carbocycles. The number of nitrogens with one attached hydrogen (secondary N) is 1. The highest BCUT2D eigenvalue weighted by molar-refractivity contribution is 7.94. The molecule has 0 radical (unpaired) electrons. The molecule has 0 fully saturated rings. The van der Waals surface area contributed by atoms with Gasteiger partial charge in [0.2, 0.25) is 17.1 Å². The molecule has 0 saturated carbocycles. The van der Waals surface area contributed by atoms with Gasteiger partial charge in [-0.2, -0.15) is 0 Å². The molecule has 1 amide bonds. The summed E-state index contributed by atoms with van der Waals surface area (Å²) in [5.74, 6) is -2.13. The summed E-state index contributed by atoms with van der Waals surface area (Å²) in [6, 6.07) is 4.79. The van der Waals surface area contributed by atoms with Crippen molar-refractivity contribution >= 4 is 15.7 Å². The lowest BCUT2D eigenvalue weighted by Crippen LogP contribution is -2.36. The number of phenolic OH excluding ortho intramolecular Hbond substituents is 1. The molecule has 0 saturated heterocycles. The van der Waals surface area contributed by atoms with E-state index in [1.165, 1.54) is 38.3 Å². The van der Waals surface area contributed by atoms with Crippen molar-refractivity contribution in [2.75, 3.05) is 12.9 Å².